The highest BCUT2D eigenvalue weighted by molar-refractivity contribution is 6.62. The average Bonchev–Trinajstić information content (AvgIpc) is 2.76. The molecule has 0 aromatic heterocycles. The second-order valence-corrected chi connectivity index (χ2v) is 7.42. The van der Waals surface area contributed by atoms with Crippen LogP contribution in [0.15, 0.2) is 42.5 Å². The van der Waals surface area contributed by atoms with Crippen LogP contribution in [0.2, 0.25) is 5.02 Å². The van der Waals surface area contributed by atoms with Gasteiger partial charge in [-0.15, -0.1) is 0 Å². The van der Waals surface area contributed by atoms with Crippen LogP contribution in [0.25, 0.3) is 16.0 Å². The molecule has 24 heavy (non-hydrogen) atoms. The maximum Gasteiger partial charge on any atom is 0.493 e. The molecule has 0 spiro atoms. The van der Waals surface area contributed by atoms with E-state index in [4.69, 9.17) is 27.5 Å². The summed E-state index contributed by atoms with van der Waals surface area (Å²) >= 11 is 5.94. The van der Waals surface area contributed by atoms with Crippen LogP contribution in [0.4, 0.5) is 5.69 Å². The Bertz CT molecular complexity index is 793. The van der Waals surface area contributed by atoms with E-state index in [0.29, 0.717) is 10.7 Å². The Morgan fingerprint density at radius 3 is 2.08 bits per heavy atom. The third-order valence-corrected chi connectivity index (χ3v) is 5.07. The predicted octanol–water partition coefficient (Wildman–Crippen LogP) is 4.86. The van der Waals surface area contributed by atoms with E-state index in [1.165, 1.54) is 0 Å². The van der Waals surface area contributed by atoms with Crippen LogP contribution in [0.1, 0.15) is 27.7 Å². The van der Waals surface area contributed by atoms with Crippen molar-refractivity contribution in [3.05, 3.63) is 58.9 Å². The van der Waals surface area contributed by atoms with Gasteiger partial charge in [0.15, 0.2) is 5.69 Å². The maximum atomic E-state index is 7.52. The van der Waals surface area contributed by atoms with Gasteiger partial charge < -0.3 is 9.31 Å². The normalized spacial score (nSPS) is 18.4. The van der Waals surface area contributed by atoms with Gasteiger partial charge in [-0.25, -0.2) is 4.85 Å². The Kier molecular flexibility index (Phi) is 4.21. The zero-order valence-corrected chi connectivity index (χ0v) is 15.0. The molecule has 1 aliphatic rings. The molecule has 0 unspecified atom stereocenters. The van der Waals surface area contributed by atoms with Crippen molar-refractivity contribution in [3.63, 3.8) is 0 Å². The van der Waals surface area contributed by atoms with Crippen LogP contribution < -0.4 is 5.46 Å². The van der Waals surface area contributed by atoms with Crippen molar-refractivity contribution < 1.29 is 9.31 Å². The summed E-state index contributed by atoms with van der Waals surface area (Å²) < 4.78 is 12.1. The largest absolute Gasteiger partial charge is 0.493 e. The summed E-state index contributed by atoms with van der Waals surface area (Å²) in [5, 5.41) is 0.678. The molecule has 0 atom stereocenters. The van der Waals surface area contributed by atoms with Crippen molar-refractivity contribution in [2.75, 3.05) is 0 Å². The maximum absolute atomic E-state index is 7.52. The highest BCUT2D eigenvalue weighted by atomic mass is 35.5. The van der Waals surface area contributed by atoms with Crippen LogP contribution in [0.3, 0.4) is 0 Å². The highest BCUT2D eigenvalue weighted by Gasteiger charge is 2.51. The van der Waals surface area contributed by atoms with Crippen molar-refractivity contribution in [1.29, 1.82) is 0 Å². The van der Waals surface area contributed by atoms with Crippen LogP contribution >= 0.6 is 11.6 Å². The number of nitrogens with zero attached hydrogens (tertiary/aromatic N) is 1. The molecule has 0 N–H and O–H groups in total. The molecule has 3 nitrogen and oxygen atoms in total. The third-order valence-electron chi connectivity index (χ3n) is 4.82. The number of halogens is 1. The van der Waals surface area contributed by atoms with Gasteiger partial charge in [-0.05, 0) is 56.4 Å². The summed E-state index contributed by atoms with van der Waals surface area (Å²) in [4.78, 5) is 3.68. The molecule has 1 saturated heterocycles. The lowest BCUT2D eigenvalue weighted by Gasteiger charge is -2.32. The average molecular weight is 340 g/mol. The SMILES string of the molecule is [C-]#[N+]c1cc(B2OC(C)(C)C(C)(C)O2)ccc1-c1ccc(Cl)cc1. The van der Waals surface area contributed by atoms with E-state index in [1.807, 2.05) is 70.2 Å². The molecule has 5 heteroatoms. The second kappa shape index (κ2) is 5.93. The number of hydrogen-bond donors (Lipinski definition) is 0. The lowest BCUT2D eigenvalue weighted by molar-refractivity contribution is 0.00578. The van der Waals surface area contributed by atoms with E-state index >= 15 is 0 Å². The Labute approximate surface area is 148 Å². The van der Waals surface area contributed by atoms with Gasteiger partial charge in [0.1, 0.15) is 0 Å². The van der Waals surface area contributed by atoms with Gasteiger partial charge in [0.05, 0.1) is 17.8 Å². The lowest BCUT2D eigenvalue weighted by atomic mass is 9.78. The predicted molar refractivity (Wildman–Crippen MR) is 98.9 cm³/mol. The number of rotatable bonds is 2. The van der Waals surface area contributed by atoms with Gasteiger partial charge in [-0.1, -0.05) is 41.9 Å². The molecular formula is C19H19BClNO2. The molecule has 1 heterocycles. The van der Waals surface area contributed by atoms with Crippen LogP contribution in [-0.2, 0) is 9.31 Å². The summed E-state index contributed by atoms with van der Waals surface area (Å²) in [6, 6.07) is 13.2. The summed E-state index contributed by atoms with van der Waals surface area (Å²) in [5.41, 5.74) is 2.48. The van der Waals surface area contributed by atoms with Crippen LogP contribution in [0, 0.1) is 6.57 Å². The lowest BCUT2D eigenvalue weighted by Crippen LogP contribution is -2.41. The van der Waals surface area contributed by atoms with Crippen molar-refractivity contribution in [2.45, 2.75) is 38.9 Å². The molecule has 0 amide bonds. The quantitative estimate of drug-likeness (QED) is 0.576. The fourth-order valence-corrected chi connectivity index (χ4v) is 2.77. The van der Waals surface area contributed by atoms with E-state index in [1.54, 1.807) is 0 Å². The molecule has 0 saturated carbocycles. The smallest absolute Gasteiger partial charge is 0.399 e. The van der Waals surface area contributed by atoms with E-state index in [2.05, 4.69) is 4.85 Å². The first-order valence-corrected chi connectivity index (χ1v) is 8.24. The summed E-state index contributed by atoms with van der Waals surface area (Å²) in [6.07, 6.45) is 0. The van der Waals surface area contributed by atoms with E-state index in [9.17, 15) is 0 Å². The molecule has 2 aromatic rings. The fourth-order valence-electron chi connectivity index (χ4n) is 2.64. The molecule has 122 valence electrons. The number of benzene rings is 2. The Hall–Kier alpha value is -1.80. The second-order valence-electron chi connectivity index (χ2n) is 6.98. The monoisotopic (exact) mass is 339 g/mol. The fraction of sp³-hybridized carbons (Fsp3) is 0.316. The molecule has 1 fully saturated rings. The van der Waals surface area contributed by atoms with Crippen molar-refractivity contribution in [3.8, 4) is 11.1 Å². The molecular weight excluding hydrogens is 320 g/mol. The zero-order chi connectivity index (χ0) is 17.5. The van der Waals surface area contributed by atoms with Gasteiger partial charge >= 0.3 is 7.12 Å². The van der Waals surface area contributed by atoms with E-state index in [0.717, 1.165) is 16.6 Å². The van der Waals surface area contributed by atoms with Crippen molar-refractivity contribution in [1.82, 2.24) is 0 Å². The minimum atomic E-state index is -0.463. The molecule has 3 rings (SSSR count). The molecule has 0 bridgehead atoms. The van der Waals surface area contributed by atoms with Gasteiger partial charge in [0, 0.05) is 5.02 Å². The van der Waals surface area contributed by atoms with E-state index < -0.39 is 18.3 Å². The van der Waals surface area contributed by atoms with Crippen molar-refractivity contribution >= 4 is 29.9 Å². The topological polar surface area (TPSA) is 22.8 Å². The Balaban J connectivity index is 1.96. The Morgan fingerprint density at radius 1 is 0.958 bits per heavy atom. The summed E-state index contributed by atoms with van der Waals surface area (Å²) in [7, 11) is -0.463. The van der Waals surface area contributed by atoms with Gasteiger partial charge in [0.25, 0.3) is 0 Å². The molecule has 0 radical (unpaired) electrons. The minimum Gasteiger partial charge on any atom is -0.399 e. The molecule has 2 aromatic carbocycles. The highest BCUT2D eigenvalue weighted by Crippen LogP contribution is 2.37. The Morgan fingerprint density at radius 2 is 1.54 bits per heavy atom. The zero-order valence-electron chi connectivity index (χ0n) is 14.3. The molecule has 0 aliphatic carbocycles. The number of hydrogen-bond acceptors (Lipinski definition) is 2. The summed E-state index contributed by atoms with van der Waals surface area (Å²) in [5.74, 6) is 0. The van der Waals surface area contributed by atoms with Gasteiger partial charge in [0.2, 0.25) is 0 Å². The van der Waals surface area contributed by atoms with Crippen LogP contribution in [-0.4, -0.2) is 18.3 Å². The molecule has 1 aliphatic heterocycles. The van der Waals surface area contributed by atoms with Crippen molar-refractivity contribution in [2.24, 2.45) is 0 Å². The first-order chi connectivity index (χ1) is 11.2. The first-order valence-electron chi connectivity index (χ1n) is 7.86. The minimum absolute atomic E-state index is 0.398. The van der Waals surface area contributed by atoms with Gasteiger partial charge in [-0.3, -0.25) is 0 Å². The van der Waals surface area contributed by atoms with Crippen LogP contribution in [0.5, 0.6) is 0 Å². The third kappa shape index (κ3) is 2.96. The standard InChI is InChI=1S/C19H19BClNO2/c1-18(2)19(3,4)24-20(23-18)14-8-11-16(17(12-14)22-5)13-6-9-15(21)10-7-13/h6-12H,1-4H3. The van der Waals surface area contributed by atoms with E-state index in [-0.39, 0.29) is 0 Å². The summed E-state index contributed by atoms with van der Waals surface area (Å²) in [6.45, 7) is 15.6. The first kappa shape index (κ1) is 17.0. The van der Waals surface area contributed by atoms with Gasteiger partial charge in [-0.2, -0.15) is 0 Å².